The van der Waals surface area contributed by atoms with E-state index in [2.05, 4.69) is 15.4 Å². The lowest BCUT2D eigenvalue weighted by Gasteiger charge is -2.40. The summed E-state index contributed by atoms with van der Waals surface area (Å²) in [5, 5.41) is 6.17. The van der Waals surface area contributed by atoms with Gasteiger partial charge in [-0.15, -0.1) is 0 Å². The lowest BCUT2D eigenvalue weighted by atomic mass is 9.76. The molecule has 0 aliphatic heterocycles. The van der Waals surface area contributed by atoms with E-state index in [0.29, 0.717) is 11.1 Å². The predicted molar refractivity (Wildman–Crippen MR) is 185 cm³/mol. The van der Waals surface area contributed by atoms with E-state index in [1.807, 2.05) is 85.7 Å². The molecule has 3 N–H and O–H groups in total. The van der Waals surface area contributed by atoms with Crippen LogP contribution < -0.4 is 15.4 Å². The first-order valence-corrected chi connectivity index (χ1v) is 17.2. The second-order valence-corrected chi connectivity index (χ2v) is 15.9. The minimum atomic E-state index is -4.14. The normalized spacial score (nSPS) is 14.8. The summed E-state index contributed by atoms with van der Waals surface area (Å²) in [6.07, 6.45) is 1.61. The Morgan fingerprint density at radius 3 is 1.87 bits per heavy atom. The summed E-state index contributed by atoms with van der Waals surface area (Å²) in [7, 11) is -0.775. The molecular formula is C36H54N4O5S. The van der Waals surface area contributed by atoms with Crippen LogP contribution in [0.3, 0.4) is 0 Å². The highest BCUT2D eigenvalue weighted by Gasteiger charge is 2.41. The molecule has 2 rings (SSSR count). The number of hydrogen-bond donors (Lipinski definition) is 3. The van der Waals surface area contributed by atoms with E-state index in [4.69, 9.17) is 0 Å². The summed E-state index contributed by atoms with van der Waals surface area (Å²) < 4.78 is 28.7. The number of benzene rings is 2. The van der Waals surface area contributed by atoms with Crippen molar-refractivity contribution in [3.8, 4) is 0 Å². The van der Waals surface area contributed by atoms with Crippen molar-refractivity contribution >= 4 is 27.7 Å². The number of nitrogens with one attached hydrogen (secondary N) is 3. The van der Waals surface area contributed by atoms with Gasteiger partial charge in [-0.1, -0.05) is 103 Å². The molecule has 0 saturated heterocycles. The molecule has 0 radical (unpaired) electrons. The van der Waals surface area contributed by atoms with Gasteiger partial charge in [0.2, 0.25) is 11.8 Å². The molecule has 10 heteroatoms. The Balaban J connectivity index is 2.37. The average molecular weight is 655 g/mol. The predicted octanol–water partition coefficient (Wildman–Crippen LogP) is 4.94. The van der Waals surface area contributed by atoms with Crippen LogP contribution in [0.25, 0.3) is 0 Å². The van der Waals surface area contributed by atoms with Gasteiger partial charge in [0.15, 0.2) is 0 Å². The summed E-state index contributed by atoms with van der Waals surface area (Å²) in [4.78, 5) is 42.7. The van der Waals surface area contributed by atoms with Gasteiger partial charge >= 0.3 is 0 Å². The van der Waals surface area contributed by atoms with Crippen LogP contribution in [0.4, 0.5) is 0 Å². The van der Waals surface area contributed by atoms with E-state index in [0.717, 1.165) is 11.1 Å². The van der Waals surface area contributed by atoms with Gasteiger partial charge < -0.3 is 15.5 Å². The maximum absolute atomic E-state index is 14.1. The zero-order valence-corrected chi connectivity index (χ0v) is 30.6. The number of amides is 3. The second kappa shape index (κ2) is 14.9. The topological polar surface area (TPSA) is 125 Å². The van der Waals surface area contributed by atoms with Crippen molar-refractivity contribution in [2.24, 2.45) is 11.3 Å². The molecule has 3 amide bonds. The number of likely N-dealkylation sites (N-methyl/N-ethyl adjacent to an activating group) is 2. The molecule has 3 atom stereocenters. The Bertz CT molecular complexity index is 1530. The smallest absolute Gasteiger partial charge is 0.264 e. The zero-order chi connectivity index (χ0) is 35.4. The second-order valence-electron chi connectivity index (χ2n) is 14.3. The number of nitrogens with zero attached hydrogens (tertiary/aromatic N) is 1. The van der Waals surface area contributed by atoms with E-state index in [1.165, 1.54) is 11.8 Å². The highest BCUT2D eigenvalue weighted by atomic mass is 32.2. The number of hydrogen-bond acceptors (Lipinski definition) is 6. The third kappa shape index (κ3) is 9.06. The van der Waals surface area contributed by atoms with Crippen LogP contribution in [0.15, 0.2) is 59.0 Å². The summed E-state index contributed by atoms with van der Waals surface area (Å²) in [6.45, 7) is 20.3. The molecule has 0 aromatic heterocycles. The SMILES string of the molecule is CNC(C(=O)NC(C(=O)N(C)C(/C=C(\C)C(=O)NS(=O)(=O)c1c(C)cc(C)cc1C)C(C)C)C(C)(C)C)C(C)(C)c1ccccc1. The van der Waals surface area contributed by atoms with Crippen molar-refractivity contribution in [3.63, 3.8) is 0 Å². The van der Waals surface area contributed by atoms with Crippen LogP contribution in [0, 0.1) is 32.1 Å². The Hall–Kier alpha value is -3.50. The fourth-order valence-electron chi connectivity index (χ4n) is 6.01. The lowest BCUT2D eigenvalue weighted by molar-refractivity contribution is -0.140. The van der Waals surface area contributed by atoms with E-state index in [1.54, 1.807) is 46.2 Å². The molecule has 46 heavy (non-hydrogen) atoms. The molecule has 3 unspecified atom stereocenters. The molecule has 0 saturated carbocycles. The number of carbonyl (C=O) groups excluding carboxylic acids is 3. The van der Waals surface area contributed by atoms with Crippen molar-refractivity contribution in [1.82, 2.24) is 20.3 Å². The Morgan fingerprint density at radius 2 is 1.41 bits per heavy atom. The van der Waals surface area contributed by atoms with Crippen LogP contribution in [0.2, 0.25) is 0 Å². The Morgan fingerprint density at radius 1 is 0.891 bits per heavy atom. The van der Waals surface area contributed by atoms with E-state index < -0.39 is 44.9 Å². The number of rotatable bonds is 12. The van der Waals surface area contributed by atoms with Crippen LogP contribution >= 0.6 is 0 Å². The first-order chi connectivity index (χ1) is 21.1. The van der Waals surface area contributed by atoms with Crippen molar-refractivity contribution in [3.05, 3.63) is 76.4 Å². The lowest BCUT2D eigenvalue weighted by Crippen LogP contribution is -2.61. The van der Waals surface area contributed by atoms with Crippen molar-refractivity contribution in [2.45, 2.75) is 105 Å². The quantitative estimate of drug-likeness (QED) is 0.279. The van der Waals surface area contributed by atoms with Gasteiger partial charge in [0.05, 0.1) is 17.0 Å². The molecule has 0 aliphatic carbocycles. The standard InChI is InChI=1S/C36H54N4O5S/c1-22(2)28(21-26(6)32(41)39-46(44,45)29-24(4)19-23(3)20-25(29)5)40(13)34(43)31(35(7,8)9)38-33(42)30(37-12)36(10,11)27-17-15-14-16-18-27/h14-22,28,30-31,37H,1-13H3,(H,38,42)(H,39,41)/b26-21+. The van der Waals surface area contributed by atoms with Gasteiger partial charge in [0.1, 0.15) is 6.04 Å². The monoisotopic (exact) mass is 654 g/mol. The number of aryl methyl sites for hydroxylation is 3. The van der Waals surface area contributed by atoms with Gasteiger partial charge in [-0.3, -0.25) is 14.4 Å². The minimum Gasteiger partial charge on any atom is -0.342 e. The zero-order valence-electron chi connectivity index (χ0n) is 29.8. The molecule has 0 aliphatic rings. The van der Waals surface area contributed by atoms with Crippen LogP contribution in [0.5, 0.6) is 0 Å². The number of carbonyl (C=O) groups is 3. The molecule has 2 aromatic rings. The molecule has 0 spiro atoms. The van der Waals surface area contributed by atoms with Gasteiger partial charge in [-0.2, -0.15) is 0 Å². The maximum Gasteiger partial charge on any atom is 0.264 e. The summed E-state index contributed by atoms with van der Waals surface area (Å²) in [5.41, 5.74) is 1.93. The minimum absolute atomic E-state index is 0.0750. The summed E-state index contributed by atoms with van der Waals surface area (Å²) >= 11 is 0. The summed E-state index contributed by atoms with van der Waals surface area (Å²) in [6, 6.07) is 11.2. The third-order valence-corrected chi connectivity index (χ3v) is 10.2. The fraction of sp³-hybridized carbons (Fsp3) is 0.528. The largest absolute Gasteiger partial charge is 0.342 e. The third-order valence-electron chi connectivity index (χ3n) is 8.55. The van der Waals surface area contributed by atoms with Crippen molar-refractivity contribution in [2.75, 3.05) is 14.1 Å². The fourth-order valence-corrected chi connectivity index (χ4v) is 7.48. The van der Waals surface area contributed by atoms with Crippen LogP contribution in [0.1, 0.15) is 77.6 Å². The molecule has 2 aromatic carbocycles. The van der Waals surface area contributed by atoms with Gasteiger partial charge in [-0.05, 0) is 62.8 Å². The highest BCUT2D eigenvalue weighted by Crippen LogP contribution is 2.29. The molecule has 0 heterocycles. The maximum atomic E-state index is 14.1. The van der Waals surface area contributed by atoms with E-state index in [9.17, 15) is 22.8 Å². The molecule has 0 fully saturated rings. The molecular weight excluding hydrogens is 600 g/mol. The van der Waals surface area contributed by atoms with Crippen LogP contribution in [-0.2, 0) is 29.8 Å². The Labute approximate surface area is 276 Å². The first kappa shape index (κ1) is 38.7. The molecule has 254 valence electrons. The molecule has 0 bridgehead atoms. The number of sulfonamides is 1. The van der Waals surface area contributed by atoms with Gasteiger partial charge in [0, 0.05) is 18.0 Å². The summed E-state index contributed by atoms with van der Waals surface area (Å²) in [5.74, 6) is -1.54. The first-order valence-electron chi connectivity index (χ1n) is 15.7. The van der Waals surface area contributed by atoms with E-state index >= 15 is 0 Å². The average Bonchev–Trinajstić information content (AvgIpc) is 2.92. The van der Waals surface area contributed by atoms with E-state index in [-0.39, 0.29) is 28.2 Å². The van der Waals surface area contributed by atoms with Crippen molar-refractivity contribution in [1.29, 1.82) is 0 Å². The molecule has 9 nitrogen and oxygen atoms in total. The van der Waals surface area contributed by atoms with Gasteiger partial charge in [0.25, 0.3) is 15.9 Å². The van der Waals surface area contributed by atoms with Gasteiger partial charge in [-0.25, -0.2) is 13.1 Å². The van der Waals surface area contributed by atoms with Crippen LogP contribution in [-0.4, -0.2) is 63.3 Å². The Kier molecular flexibility index (Phi) is 12.6. The highest BCUT2D eigenvalue weighted by molar-refractivity contribution is 7.90. The van der Waals surface area contributed by atoms with Crippen molar-refractivity contribution < 1.29 is 22.8 Å².